The lowest BCUT2D eigenvalue weighted by Gasteiger charge is -2.32. The van der Waals surface area contributed by atoms with Gasteiger partial charge in [-0.25, -0.2) is 0 Å². The molecular formula is C24H33N3O. The van der Waals surface area contributed by atoms with Crippen LogP contribution in [0.2, 0.25) is 0 Å². The number of rotatable bonds is 9. The molecule has 4 nitrogen and oxygen atoms in total. The van der Waals surface area contributed by atoms with E-state index >= 15 is 0 Å². The molecule has 2 aromatic carbocycles. The lowest BCUT2D eigenvalue weighted by atomic mass is 9.93. The molecule has 0 aliphatic carbocycles. The number of hydrogen-bond donors (Lipinski definition) is 2. The van der Waals surface area contributed by atoms with Gasteiger partial charge in [0.15, 0.2) is 0 Å². The van der Waals surface area contributed by atoms with Gasteiger partial charge in [-0.05, 0) is 69.4 Å². The van der Waals surface area contributed by atoms with Gasteiger partial charge in [-0.2, -0.15) is 0 Å². The first-order valence-corrected chi connectivity index (χ1v) is 10.5. The zero-order chi connectivity index (χ0) is 19.6. The molecule has 0 spiro atoms. The molecule has 2 aromatic rings. The predicted molar refractivity (Wildman–Crippen MR) is 115 cm³/mol. The number of likely N-dealkylation sites (tertiary alicyclic amines) is 1. The molecule has 1 aliphatic rings. The maximum atomic E-state index is 12.8. The molecular weight excluding hydrogens is 346 g/mol. The lowest BCUT2D eigenvalue weighted by Crippen LogP contribution is -2.43. The molecule has 150 valence electrons. The molecule has 1 amide bonds. The van der Waals surface area contributed by atoms with Crippen LogP contribution in [0.3, 0.4) is 0 Å². The molecule has 1 aliphatic heterocycles. The summed E-state index contributed by atoms with van der Waals surface area (Å²) in [4.78, 5) is 15.1. The fraction of sp³-hybridized carbons (Fsp3) is 0.458. The Bertz CT molecular complexity index is 696. The van der Waals surface area contributed by atoms with Crippen LogP contribution >= 0.6 is 0 Å². The summed E-state index contributed by atoms with van der Waals surface area (Å²) >= 11 is 0. The zero-order valence-corrected chi connectivity index (χ0v) is 16.9. The zero-order valence-electron chi connectivity index (χ0n) is 16.9. The Morgan fingerprint density at radius 1 is 1.04 bits per heavy atom. The smallest absolute Gasteiger partial charge is 0.234 e. The molecule has 0 saturated carbocycles. The van der Waals surface area contributed by atoms with E-state index in [1.165, 1.54) is 24.8 Å². The van der Waals surface area contributed by atoms with Gasteiger partial charge in [-0.1, -0.05) is 60.7 Å². The monoisotopic (exact) mass is 379 g/mol. The van der Waals surface area contributed by atoms with Crippen molar-refractivity contribution in [3.05, 3.63) is 71.8 Å². The van der Waals surface area contributed by atoms with Crippen LogP contribution in [-0.4, -0.2) is 44.0 Å². The highest BCUT2D eigenvalue weighted by Gasteiger charge is 2.22. The maximum absolute atomic E-state index is 12.8. The van der Waals surface area contributed by atoms with Gasteiger partial charge in [-0.3, -0.25) is 9.69 Å². The summed E-state index contributed by atoms with van der Waals surface area (Å²) in [6.45, 7) is 3.63. The third-order valence-corrected chi connectivity index (χ3v) is 5.70. The van der Waals surface area contributed by atoms with E-state index in [0.717, 1.165) is 37.5 Å². The van der Waals surface area contributed by atoms with Crippen LogP contribution in [0.1, 0.15) is 36.4 Å². The first kappa shape index (κ1) is 20.6. The van der Waals surface area contributed by atoms with Crippen molar-refractivity contribution in [2.24, 2.45) is 5.92 Å². The second kappa shape index (κ2) is 11.0. The highest BCUT2D eigenvalue weighted by atomic mass is 16.2. The second-order valence-corrected chi connectivity index (χ2v) is 7.83. The van der Waals surface area contributed by atoms with Crippen molar-refractivity contribution in [3.8, 4) is 0 Å². The molecule has 1 unspecified atom stereocenters. The summed E-state index contributed by atoms with van der Waals surface area (Å²) in [5, 5.41) is 6.52. The average Bonchev–Trinajstić information content (AvgIpc) is 2.74. The molecule has 0 radical (unpaired) electrons. The van der Waals surface area contributed by atoms with Crippen LogP contribution in [-0.2, 0) is 11.2 Å². The van der Waals surface area contributed by atoms with E-state index in [2.05, 4.69) is 51.9 Å². The number of carbonyl (C=O) groups is 1. The van der Waals surface area contributed by atoms with Gasteiger partial charge in [0.05, 0.1) is 12.6 Å². The Kier molecular flexibility index (Phi) is 8.07. The summed E-state index contributed by atoms with van der Waals surface area (Å²) in [7, 11) is 2.01. The van der Waals surface area contributed by atoms with Crippen molar-refractivity contribution in [2.45, 2.75) is 31.7 Å². The molecule has 1 heterocycles. The summed E-state index contributed by atoms with van der Waals surface area (Å²) in [6, 6.07) is 20.7. The Morgan fingerprint density at radius 2 is 1.68 bits per heavy atom. The third kappa shape index (κ3) is 6.47. The number of nitrogens with zero attached hydrogens (tertiary/aromatic N) is 1. The van der Waals surface area contributed by atoms with Crippen LogP contribution in [0.4, 0.5) is 0 Å². The van der Waals surface area contributed by atoms with E-state index in [9.17, 15) is 4.79 Å². The molecule has 0 aromatic heterocycles. The summed E-state index contributed by atoms with van der Waals surface area (Å²) in [5.41, 5.74) is 2.40. The third-order valence-electron chi connectivity index (χ3n) is 5.70. The SMILES string of the molecule is CNCCC1CCN(CC(=O)NC(Cc2ccccc2)c2ccccc2)CC1. The Labute approximate surface area is 169 Å². The van der Waals surface area contributed by atoms with Gasteiger partial charge >= 0.3 is 0 Å². The van der Waals surface area contributed by atoms with Crippen LogP contribution in [0.25, 0.3) is 0 Å². The molecule has 2 N–H and O–H groups in total. The van der Waals surface area contributed by atoms with Crippen LogP contribution < -0.4 is 10.6 Å². The molecule has 0 bridgehead atoms. The van der Waals surface area contributed by atoms with E-state index in [4.69, 9.17) is 0 Å². The van der Waals surface area contributed by atoms with E-state index in [-0.39, 0.29) is 11.9 Å². The summed E-state index contributed by atoms with van der Waals surface area (Å²) in [5.74, 6) is 0.917. The number of piperidine rings is 1. The number of hydrogen-bond acceptors (Lipinski definition) is 3. The fourth-order valence-corrected chi connectivity index (χ4v) is 4.01. The van der Waals surface area contributed by atoms with Crippen molar-refractivity contribution in [3.63, 3.8) is 0 Å². The number of amides is 1. The standard InChI is InChI=1S/C24H33N3O/c1-25-15-12-20-13-16-27(17-14-20)19-24(28)26-23(22-10-6-3-7-11-22)18-21-8-4-2-5-9-21/h2-11,20,23,25H,12-19H2,1H3,(H,26,28). The minimum Gasteiger partial charge on any atom is -0.348 e. The van der Waals surface area contributed by atoms with Crippen LogP contribution in [0.15, 0.2) is 60.7 Å². The lowest BCUT2D eigenvalue weighted by molar-refractivity contribution is -0.123. The van der Waals surface area contributed by atoms with Crippen molar-refractivity contribution >= 4 is 5.91 Å². The van der Waals surface area contributed by atoms with E-state index in [0.29, 0.717) is 6.54 Å². The van der Waals surface area contributed by atoms with Crippen LogP contribution in [0.5, 0.6) is 0 Å². The highest BCUT2D eigenvalue weighted by Crippen LogP contribution is 2.21. The maximum Gasteiger partial charge on any atom is 0.234 e. The van der Waals surface area contributed by atoms with Gasteiger partial charge in [0.25, 0.3) is 0 Å². The molecule has 4 heteroatoms. The quantitative estimate of drug-likeness (QED) is 0.702. The second-order valence-electron chi connectivity index (χ2n) is 7.83. The van der Waals surface area contributed by atoms with Gasteiger partial charge < -0.3 is 10.6 Å². The predicted octanol–water partition coefficient (Wildman–Crippen LogP) is 3.41. The molecule has 28 heavy (non-hydrogen) atoms. The van der Waals surface area contributed by atoms with Gasteiger partial charge in [0.2, 0.25) is 5.91 Å². The topological polar surface area (TPSA) is 44.4 Å². The highest BCUT2D eigenvalue weighted by molar-refractivity contribution is 5.78. The van der Waals surface area contributed by atoms with E-state index in [1.807, 2.05) is 31.3 Å². The van der Waals surface area contributed by atoms with Gasteiger partial charge in [-0.15, -0.1) is 0 Å². The molecule has 1 atom stereocenters. The Hall–Kier alpha value is -2.17. The van der Waals surface area contributed by atoms with Gasteiger partial charge in [0.1, 0.15) is 0 Å². The van der Waals surface area contributed by atoms with Crippen molar-refractivity contribution in [1.82, 2.24) is 15.5 Å². The van der Waals surface area contributed by atoms with E-state index < -0.39 is 0 Å². The van der Waals surface area contributed by atoms with Crippen LogP contribution in [0, 0.1) is 5.92 Å². The number of carbonyl (C=O) groups excluding carboxylic acids is 1. The molecule has 3 rings (SSSR count). The minimum atomic E-state index is 0.00395. The average molecular weight is 380 g/mol. The van der Waals surface area contributed by atoms with Crippen molar-refractivity contribution in [2.75, 3.05) is 33.2 Å². The first-order valence-electron chi connectivity index (χ1n) is 10.5. The Balaban J connectivity index is 1.54. The Morgan fingerprint density at radius 3 is 2.32 bits per heavy atom. The first-order chi connectivity index (χ1) is 13.7. The summed E-state index contributed by atoms with van der Waals surface area (Å²) < 4.78 is 0. The fourth-order valence-electron chi connectivity index (χ4n) is 4.01. The largest absolute Gasteiger partial charge is 0.348 e. The molecule has 1 saturated heterocycles. The molecule has 1 fully saturated rings. The van der Waals surface area contributed by atoms with E-state index in [1.54, 1.807) is 0 Å². The minimum absolute atomic E-state index is 0.00395. The van der Waals surface area contributed by atoms with Crippen molar-refractivity contribution < 1.29 is 4.79 Å². The van der Waals surface area contributed by atoms with Gasteiger partial charge in [0, 0.05) is 0 Å². The number of nitrogens with one attached hydrogen (secondary N) is 2. The normalized spacial score (nSPS) is 16.6. The number of benzene rings is 2. The van der Waals surface area contributed by atoms with Crippen molar-refractivity contribution in [1.29, 1.82) is 0 Å². The summed E-state index contributed by atoms with van der Waals surface area (Å²) in [6.07, 6.45) is 4.44.